The number of hydrogen-bond donors (Lipinski definition) is 1. The summed E-state index contributed by atoms with van der Waals surface area (Å²) in [5, 5.41) is 2.76. The average molecular weight is 324 g/mol. The summed E-state index contributed by atoms with van der Waals surface area (Å²) >= 11 is 0. The molecule has 2 amide bonds. The van der Waals surface area contributed by atoms with E-state index in [1.54, 1.807) is 49.5 Å². The Morgan fingerprint density at radius 1 is 1.08 bits per heavy atom. The van der Waals surface area contributed by atoms with Crippen molar-refractivity contribution in [2.75, 3.05) is 23.9 Å². The standard InChI is InChI=1S/C18H16N2O4/c1-11(21)12-3-6-14(7-4-12)19-18(23)13-5-8-16-15(9-13)20(2)17(22)10-24-16/h3-9H,10H2,1-2H3,(H,19,23). The van der Waals surface area contributed by atoms with Gasteiger partial charge in [0.15, 0.2) is 12.4 Å². The van der Waals surface area contributed by atoms with Crippen LogP contribution in [-0.2, 0) is 4.79 Å². The Kier molecular flexibility index (Phi) is 4.04. The maximum Gasteiger partial charge on any atom is 0.264 e. The molecule has 1 aliphatic heterocycles. The Morgan fingerprint density at radius 2 is 1.75 bits per heavy atom. The lowest BCUT2D eigenvalue weighted by atomic mass is 10.1. The predicted octanol–water partition coefficient (Wildman–Crippen LogP) is 2.50. The molecule has 6 nitrogen and oxygen atoms in total. The van der Waals surface area contributed by atoms with Gasteiger partial charge in [-0.1, -0.05) is 0 Å². The van der Waals surface area contributed by atoms with E-state index >= 15 is 0 Å². The van der Waals surface area contributed by atoms with E-state index in [1.807, 2.05) is 0 Å². The summed E-state index contributed by atoms with van der Waals surface area (Å²) in [6, 6.07) is 11.6. The first-order chi connectivity index (χ1) is 11.5. The van der Waals surface area contributed by atoms with Crippen molar-refractivity contribution in [3.63, 3.8) is 0 Å². The maximum atomic E-state index is 12.4. The van der Waals surface area contributed by atoms with Crippen molar-refractivity contribution in [3.8, 4) is 5.75 Å². The fourth-order valence-corrected chi connectivity index (χ4v) is 2.40. The van der Waals surface area contributed by atoms with Gasteiger partial charge in [0.25, 0.3) is 11.8 Å². The smallest absolute Gasteiger partial charge is 0.264 e. The molecular formula is C18H16N2O4. The van der Waals surface area contributed by atoms with Crippen molar-refractivity contribution < 1.29 is 19.1 Å². The van der Waals surface area contributed by atoms with Crippen molar-refractivity contribution in [1.29, 1.82) is 0 Å². The van der Waals surface area contributed by atoms with Crippen LogP contribution in [0.5, 0.6) is 5.75 Å². The third-order valence-corrected chi connectivity index (χ3v) is 3.86. The molecule has 2 aromatic rings. The summed E-state index contributed by atoms with van der Waals surface area (Å²) in [6.07, 6.45) is 0. The lowest BCUT2D eigenvalue weighted by Gasteiger charge is -2.26. The molecule has 0 aliphatic carbocycles. The van der Waals surface area contributed by atoms with Gasteiger partial charge in [0.2, 0.25) is 0 Å². The van der Waals surface area contributed by atoms with Crippen LogP contribution in [-0.4, -0.2) is 31.3 Å². The Morgan fingerprint density at radius 3 is 2.42 bits per heavy atom. The monoisotopic (exact) mass is 324 g/mol. The van der Waals surface area contributed by atoms with Gasteiger partial charge in [-0.25, -0.2) is 0 Å². The van der Waals surface area contributed by atoms with Gasteiger partial charge < -0.3 is 15.0 Å². The molecule has 0 spiro atoms. The minimum atomic E-state index is -0.306. The van der Waals surface area contributed by atoms with E-state index in [2.05, 4.69) is 5.32 Å². The van der Waals surface area contributed by atoms with Crippen LogP contribution in [0, 0.1) is 0 Å². The van der Waals surface area contributed by atoms with E-state index in [4.69, 9.17) is 4.74 Å². The summed E-state index contributed by atoms with van der Waals surface area (Å²) in [5.74, 6) is 0.0643. The number of ether oxygens (including phenoxy) is 1. The third kappa shape index (κ3) is 2.99. The molecule has 0 aromatic heterocycles. The number of carbonyl (C=O) groups excluding carboxylic acids is 3. The minimum Gasteiger partial charge on any atom is -0.482 e. The number of likely N-dealkylation sites (N-methyl/N-ethyl adjacent to an activating group) is 1. The second-order valence-corrected chi connectivity index (χ2v) is 5.51. The van der Waals surface area contributed by atoms with E-state index in [9.17, 15) is 14.4 Å². The molecule has 2 aromatic carbocycles. The maximum absolute atomic E-state index is 12.4. The Balaban J connectivity index is 1.80. The zero-order valence-corrected chi connectivity index (χ0v) is 13.3. The first kappa shape index (κ1) is 15.7. The van der Waals surface area contributed by atoms with Gasteiger partial charge in [0.05, 0.1) is 5.69 Å². The molecule has 1 aliphatic rings. The first-order valence-electron chi connectivity index (χ1n) is 7.41. The summed E-state index contributed by atoms with van der Waals surface area (Å²) < 4.78 is 5.34. The molecule has 1 N–H and O–H groups in total. The van der Waals surface area contributed by atoms with Gasteiger partial charge in [0.1, 0.15) is 5.75 Å². The minimum absolute atomic E-state index is 0.00244. The predicted molar refractivity (Wildman–Crippen MR) is 89.7 cm³/mol. The largest absolute Gasteiger partial charge is 0.482 e. The SMILES string of the molecule is CC(=O)c1ccc(NC(=O)c2ccc3c(c2)N(C)C(=O)CO3)cc1. The van der Waals surface area contributed by atoms with Gasteiger partial charge in [-0.3, -0.25) is 14.4 Å². The van der Waals surface area contributed by atoms with Crippen molar-refractivity contribution in [1.82, 2.24) is 0 Å². The van der Waals surface area contributed by atoms with Gasteiger partial charge in [0, 0.05) is 23.9 Å². The number of nitrogens with zero attached hydrogens (tertiary/aromatic N) is 1. The number of nitrogens with one attached hydrogen (secondary N) is 1. The molecule has 0 unspecified atom stereocenters. The molecule has 24 heavy (non-hydrogen) atoms. The lowest BCUT2D eigenvalue weighted by molar-refractivity contribution is -0.120. The molecule has 0 saturated carbocycles. The van der Waals surface area contributed by atoms with Crippen LogP contribution in [0.3, 0.4) is 0 Å². The van der Waals surface area contributed by atoms with Crippen LogP contribution >= 0.6 is 0 Å². The van der Waals surface area contributed by atoms with Crippen LogP contribution in [0.2, 0.25) is 0 Å². The zero-order valence-electron chi connectivity index (χ0n) is 13.3. The molecule has 0 atom stereocenters. The Hall–Kier alpha value is -3.15. The molecule has 122 valence electrons. The van der Waals surface area contributed by atoms with E-state index in [-0.39, 0.29) is 24.2 Å². The second kappa shape index (κ2) is 6.16. The van der Waals surface area contributed by atoms with Crippen molar-refractivity contribution in [2.45, 2.75) is 6.92 Å². The fourth-order valence-electron chi connectivity index (χ4n) is 2.40. The van der Waals surface area contributed by atoms with Crippen LogP contribution in [0.4, 0.5) is 11.4 Å². The molecule has 0 bridgehead atoms. The summed E-state index contributed by atoms with van der Waals surface area (Å²) in [4.78, 5) is 36.8. The highest BCUT2D eigenvalue weighted by molar-refractivity contribution is 6.06. The molecule has 1 heterocycles. The van der Waals surface area contributed by atoms with Crippen LogP contribution in [0.15, 0.2) is 42.5 Å². The van der Waals surface area contributed by atoms with E-state index in [1.165, 1.54) is 11.8 Å². The third-order valence-electron chi connectivity index (χ3n) is 3.86. The molecule has 3 rings (SSSR count). The molecule has 0 saturated heterocycles. The van der Waals surface area contributed by atoms with Crippen molar-refractivity contribution >= 4 is 29.0 Å². The van der Waals surface area contributed by atoms with Gasteiger partial charge in [-0.2, -0.15) is 0 Å². The molecule has 0 fully saturated rings. The number of benzene rings is 2. The topological polar surface area (TPSA) is 75.7 Å². The van der Waals surface area contributed by atoms with Gasteiger partial charge in [-0.15, -0.1) is 0 Å². The highest BCUT2D eigenvalue weighted by Gasteiger charge is 2.23. The van der Waals surface area contributed by atoms with Gasteiger partial charge in [-0.05, 0) is 49.4 Å². The van der Waals surface area contributed by atoms with E-state index < -0.39 is 0 Å². The molecule has 6 heteroatoms. The first-order valence-corrected chi connectivity index (χ1v) is 7.41. The number of fused-ring (bicyclic) bond motifs is 1. The number of anilines is 2. The highest BCUT2D eigenvalue weighted by atomic mass is 16.5. The number of hydrogen-bond acceptors (Lipinski definition) is 4. The number of ketones is 1. The van der Waals surface area contributed by atoms with Crippen LogP contribution in [0.25, 0.3) is 0 Å². The summed E-state index contributed by atoms with van der Waals surface area (Å²) in [7, 11) is 1.64. The van der Waals surface area contributed by atoms with Gasteiger partial charge >= 0.3 is 0 Å². The Bertz CT molecular complexity index is 827. The van der Waals surface area contributed by atoms with Crippen LogP contribution in [0.1, 0.15) is 27.6 Å². The van der Waals surface area contributed by atoms with Crippen LogP contribution < -0.4 is 15.0 Å². The van der Waals surface area contributed by atoms with Crippen molar-refractivity contribution in [3.05, 3.63) is 53.6 Å². The number of Topliss-reactive ketones (excluding diaryl/α,β-unsaturated/α-hetero) is 1. The van der Waals surface area contributed by atoms with E-state index in [0.717, 1.165) is 0 Å². The fraction of sp³-hybridized carbons (Fsp3) is 0.167. The summed E-state index contributed by atoms with van der Waals surface area (Å²) in [5.41, 5.74) is 2.14. The summed E-state index contributed by atoms with van der Waals surface area (Å²) in [6.45, 7) is 1.48. The molecular weight excluding hydrogens is 308 g/mol. The second-order valence-electron chi connectivity index (χ2n) is 5.51. The number of carbonyl (C=O) groups is 3. The number of amides is 2. The average Bonchev–Trinajstić information content (AvgIpc) is 2.58. The highest BCUT2D eigenvalue weighted by Crippen LogP contribution is 2.32. The Labute approximate surface area is 139 Å². The van der Waals surface area contributed by atoms with Crippen molar-refractivity contribution in [2.24, 2.45) is 0 Å². The molecule has 0 radical (unpaired) electrons. The number of rotatable bonds is 3. The van der Waals surface area contributed by atoms with E-state index in [0.29, 0.717) is 28.3 Å². The quantitative estimate of drug-likeness (QED) is 0.880. The lowest BCUT2D eigenvalue weighted by Crippen LogP contribution is -2.35. The normalized spacial score (nSPS) is 13.1. The zero-order chi connectivity index (χ0) is 17.3.